The summed E-state index contributed by atoms with van der Waals surface area (Å²) in [5.74, 6) is 3.32. The molecular weight excluding hydrogens is 1180 g/mol. The molecule has 4 aliphatic heterocycles. The fourth-order valence-electron chi connectivity index (χ4n) is 11.3. The predicted octanol–water partition coefficient (Wildman–Crippen LogP) is 6.97. The molecule has 4 aliphatic rings. The largest absolute Gasteiger partial charge is 0.495 e. The number of likely N-dealkylation sites (N-methyl/N-ethyl adjacent to an activating group) is 1. The molecule has 4 bridgehead atoms. The maximum Gasteiger partial charge on any atom is 0.328 e. The molecule has 3 aromatic carbocycles. The molecule has 0 saturated carbocycles. The molecule has 21 nitrogen and oxygen atoms in total. The normalized spacial score (nSPS) is 23.9. The number of halogens is 1. The van der Waals surface area contributed by atoms with E-state index in [0.717, 1.165) is 33.5 Å². The zero-order valence-corrected chi connectivity index (χ0v) is 53.7. The minimum Gasteiger partial charge on any atom is -0.495 e. The summed E-state index contributed by atoms with van der Waals surface area (Å²) in [6.07, 6.45) is 2.20. The molecule has 0 radical (unpaired) electrons. The molecule has 2 saturated heterocycles. The lowest BCUT2D eigenvalue weighted by Crippen LogP contribution is -2.53. The van der Waals surface area contributed by atoms with Crippen molar-refractivity contribution in [2.75, 3.05) is 91.0 Å². The van der Waals surface area contributed by atoms with Gasteiger partial charge in [0.15, 0.2) is 0 Å². The van der Waals surface area contributed by atoms with Crippen molar-refractivity contribution in [1.82, 2.24) is 4.90 Å². The Balaban J connectivity index is 0.782. The summed E-state index contributed by atoms with van der Waals surface area (Å²) in [7, 11) is 5.92. The van der Waals surface area contributed by atoms with Gasteiger partial charge in [0, 0.05) is 83.4 Å². The van der Waals surface area contributed by atoms with Crippen LogP contribution in [-0.2, 0) is 84.4 Å². The number of hydrogen-bond acceptors (Lipinski definition) is 18. The summed E-state index contributed by atoms with van der Waals surface area (Å²) in [6.45, 7) is 9.66. The van der Waals surface area contributed by atoms with Crippen LogP contribution in [0.3, 0.4) is 0 Å². The Bertz CT molecular complexity index is 3160. The number of methoxy groups -OCH3 is 2. The molecule has 22 heteroatoms. The monoisotopic (exact) mass is 1270 g/mol. The molecule has 2 fully saturated rings. The number of rotatable bonds is 28. The van der Waals surface area contributed by atoms with E-state index in [1.54, 1.807) is 50.1 Å². The third-order valence-electron chi connectivity index (χ3n) is 17.0. The van der Waals surface area contributed by atoms with Crippen molar-refractivity contribution in [3.8, 4) is 17.6 Å². The molecule has 0 spiro atoms. The van der Waals surface area contributed by atoms with Gasteiger partial charge in [-0.2, -0.15) is 0 Å². The van der Waals surface area contributed by atoms with E-state index in [-0.39, 0.29) is 93.5 Å². The fraction of sp³-hybridized carbons (Fsp3) is 0.544. The van der Waals surface area contributed by atoms with Gasteiger partial charge in [0.25, 0.3) is 0 Å². The first-order valence-corrected chi connectivity index (χ1v) is 31.1. The second kappa shape index (κ2) is 33.5. The highest BCUT2D eigenvalue weighted by Gasteiger charge is 2.64. The Kier molecular flexibility index (Phi) is 26.3. The standard InChI is InChI=1S/C68H87ClN4O17/c1-44-15-13-21-58(83-8)68(81)41-57(88-63(79)42-68)45(2)65-67(4,90-65)59(40-62(78)72(6)54-38-47(37-44)39-56(82-7)64(54)69)89-66(80)46(3)71(5)60(76)27-25-52(70)55(75)20-14-29-84-31-33-86-35-36-87-34-32-85-30-28-51(74)24-26-61(77)73-43-50-18-10-9-16-48(50)22-23-49-17-11-12-19-53(49)73/h9-13,15-19,21,38-39,45-46,52,57-59,65,81H,14,20,24-37,40-43,70H2,1-8H3/b21-13+,44-15+/t45-,46+,52+,57+,58-,59+,65+,67+,68-/m1/s1. The van der Waals surface area contributed by atoms with Crippen LogP contribution in [0.5, 0.6) is 5.75 Å². The number of fused-ring (bicyclic) bond motifs is 7. The number of allylic oxidation sites excluding steroid dienone is 3. The van der Waals surface area contributed by atoms with Crippen LogP contribution in [0.1, 0.15) is 114 Å². The number of carbonyl (C=O) groups excluding carboxylic acids is 7. The van der Waals surface area contributed by atoms with Gasteiger partial charge in [0.2, 0.25) is 17.7 Å². The van der Waals surface area contributed by atoms with Crippen molar-refractivity contribution in [3.05, 3.63) is 112 Å². The van der Waals surface area contributed by atoms with Crippen molar-refractivity contribution in [3.63, 3.8) is 0 Å². The van der Waals surface area contributed by atoms with Crippen LogP contribution in [0.4, 0.5) is 11.4 Å². The summed E-state index contributed by atoms with van der Waals surface area (Å²) in [4.78, 5) is 98.6. The van der Waals surface area contributed by atoms with Gasteiger partial charge in [-0.1, -0.05) is 84.5 Å². The number of ether oxygens (including phenoxy) is 9. The van der Waals surface area contributed by atoms with Crippen molar-refractivity contribution >= 4 is 64.2 Å². The minimum atomic E-state index is -1.63. The van der Waals surface area contributed by atoms with E-state index < -0.39 is 77.4 Å². The topological polar surface area (TPSA) is 262 Å². The smallest absolute Gasteiger partial charge is 0.328 e. The van der Waals surface area contributed by atoms with Gasteiger partial charge in [0.05, 0.1) is 96.3 Å². The van der Waals surface area contributed by atoms with Crippen molar-refractivity contribution < 1.29 is 81.3 Å². The number of ketones is 2. The summed E-state index contributed by atoms with van der Waals surface area (Å²) in [6, 6.07) is 16.7. The molecule has 0 aliphatic carbocycles. The number of carbonyl (C=O) groups is 7. The summed E-state index contributed by atoms with van der Waals surface area (Å²) < 4.78 is 52.0. The minimum absolute atomic E-state index is 0.00798. The zero-order chi connectivity index (χ0) is 65.1. The number of hydrogen-bond donors (Lipinski definition) is 2. The van der Waals surface area contributed by atoms with Gasteiger partial charge in [-0.25, -0.2) is 4.79 Å². The number of anilines is 2. The Morgan fingerprint density at radius 2 is 1.52 bits per heavy atom. The second-order valence-corrected chi connectivity index (χ2v) is 24.0. The summed E-state index contributed by atoms with van der Waals surface area (Å²) in [5.41, 5.74) is 8.66. The molecular formula is C68H87ClN4O17. The first kappa shape index (κ1) is 70.6. The van der Waals surface area contributed by atoms with Crippen LogP contribution >= 0.6 is 11.6 Å². The van der Waals surface area contributed by atoms with Crippen LogP contribution in [0.2, 0.25) is 5.02 Å². The molecule has 7 rings (SSSR count). The number of para-hydroxylation sites is 1. The molecule has 3 aromatic rings. The van der Waals surface area contributed by atoms with Crippen LogP contribution in [0, 0.1) is 17.8 Å². The van der Waals surface area contributed by atoms with Gasteiger partial charge in [-0.15, -0.1) is 0 Å². The molecule has 9 atom stereocenters. The van der Waals surface area contributed by atoms with Crippen molar-refractivity contribution in [1.29, 1.82) is 0 Å². The molecule has 3 N–H and O–H groups in total. The molecule has 90 heavy (non-hydrogen) atoms. The Labute approximate surface area is 532 Å². The number of Topliss-reactive ketones (excluding diaryl/α,β-unsaturated/α-hetero) is 2. The highest BCUT2D eigenvalue weighted by molar-refractivity contribution is 6.35. The fourth-order valence-corrected chi connectivity index (χ4v) is 11.6. The van der Waals surface area contributed by atoms with E-state index in [1.807, 2.05) is 61.5 Å². The number of epoxide rings is 1. The molecule has 0 unspecified atom stereocenters. The van der Waals surface area contributed by atoms with Crippen molar-refractivity contribution in [2.45, 2.75) is 153 Å². The van der Waals surface area contributed by atoms with E-state index in [0.29, 0.717) is 70.5 Å². The van der Waals surface area contributed by atoms with Gasteiger partial charge in [-0.05, 0) is 81.5 Å². The molecule has 0 aromatic heterocycles. The number of aliphatic hydroxyl groups is 1. The van der Waals surface area contributed by atoms with Gasteiger partial charge in [-0.3, -0.25) is 28.8 Å². The van der Waals surface area contributed by atoms with E-state index >= 15 is 0 Å². The average Bonchev–Trinajstić information content (AvgIpc) is 1.57. The summed E-state index contributed by atoms with van der Waals surface area (Å²) in [5, 5.41) is 12.2. The highest BCUT2D eigenvalue weighted by atomic mass is 35.5. The zero-order valence-electron chi connectivity index (χ0n) is 53.0. The first-order chi connectivity index (χ1) is 43.1. The van der Waals surface area contributed by atoms with Gasteiger partial charge < -0.3 is 68.2 Å². The quantitative estimate of drug-likeness (QED) is 0.0322. The van der Waals surface area contributed by atoms with Gasteiger partial charge >= 0.3 is 11.9 Å². The summed E-state index contributed by atoms with van der Waals surface area (Å²) >= 11 is 6.83. The second-order valence-electron chi connectivity index (χ2n) is 23.6. The van der Waals surface area contributed by atoms with Crippen LogP contribution in [0.25, 0.3) is 0 Å². The predicted molar refractivity (Wildman–Crippen MR) is 336 cm³/mol. The lowest BCUT2D eigenvalue weighted by atomic mass is 9.78. The maximum atomic E-state index is 14.4. The number of nitrogens with two attached hydrogens (primary N) is 1. The lowest BCUT2D eigenvalue weighted by molar-refractivity contribution is -0.187. The number of nitrogens with zero attached hydrogens (tertiary/aromatic N) is 3. The van der Waals surface area contributed by atoms with E-state index in [2.05, 4.69) is 11.8 Å². The first-order valence-electron chi connectivity index (χ1n) is 30.7. The molecule has 4 heterocycles. The Morgan fingerprint density at radius 3 is 2.22 bits per heavy atom. The lowest BCUT2D eigenvalue weighted by Gasteiger charge is -2.41. The van der Waals surface area contributed by atoms with Crippen LogP contribution in [0.15, 0.2) is 84.5 Å². The Morgan fingerprint density at radius 1 is 0.867 bits per heavy atom. The van der Waals surface area contributed by atoms with Gasteiger partial charge in [0.1, 0.15) is 57.9 Å². The van der Waals surface area contributed by atoms with Crippen LogP contribution < -0.4 is 20.3 Å². The number of benzene rings is 3. The Hall–Kier alpha value is -6.84. The SMILES string of the molecule is COc1cc2cc(c1Cl)N(C)C(=O)C[C@H](OC(=O)[C@H](C)N(C)C(=O)CC[C@H](N)C(=O)CCCOCCOCCOCCOCCC(=O)CCC(=O)N1Cc3ccccc3C#Cc3ccccc31)[C@]1(C)O[C@H]1[C@H](C)[C@@H]1C[C@@](O)(CC(=O)O1)[C@H](OC)/C=C/C=C(\C)C2. The third-order valence-corrected chi connectivity index (χ3v) is 17.4. The number of esters is 2. The van der Waals surface area contributed by atoms with E-state index in [1.165, 1.54) is 38.0 Å². The highest BCUT2D eigenvalue weighted by Crippen LogP contribution is 2.50. The van der Waals surface area contributed by atoms with Crippen LogP contribution in [-0.4, -0.2) is 180 Å². The molecule has 3 amide bonds. The van der Waals surface area contributed by atoms with E-state index in [4.69, 9.17) is 60.0 Å². The molecule has 488 valence electrons. The third kappa shape index (κ3) is 19.1. The maximum absolute atomic E-state index is 14.4. The average molecular weight is 1270 g/mol. The number of amides is 3. The van der Waals surface area contributed by atoms with E-state index in [9.17, 15) is 38.7 Å². The van der Waals surface area contributed by atoms with Crippen molar-refractivity contribution in [2.24, 2.45) is 11.7 Å².